The number of hydrogen-bond donors (Lipinski definition) is 2. The Kier molecular flexibility index (Phi) is 3.25. The SMILES string of the molecule is CCC(C(=O)O)N1CCNC(=O)C1. The van der Waals surface area contributed by atoms with Crippen molar-refractivity contribution in [3.05, 3.63) is 0 Å². The molecular weight excluding hydrogens is 172 g/mol. The van der Waals surface area contributed by atoms with Crippen molar-refractivity contribution in [3.63, 3.8) is 0 Å². The summed E-state index contributed by atoms with van der Waals surface area (Å²) in [4.78, 5) is 23.4. The lowest BCUT2D eigenvalue weighted by Crippen LogP contribution is -2.53. The molecule has 1 atom stereocenters. The van der Waals surface area contributed by atoms with E-state index in [1.165, 1.54) is 0 Å². The van der Waals surface area contributed by atoms with Crippen molar-refractivity contribution in [1.82, 2.24) is 10.2 Å². The van der Waals surface area contributed by atoms with E-state index in [9.17, 15) is 9.59 Å². The van der Waals surface area contributed by atoms with E-state index in [0.29, 0.717) is 19.5 Å². The molecule has 1 aliphatic rings. The Morgan fingerprint density at radius 1 is 1.77 bits per heavy atom. The van der Waals surface area contributed by atoms with Crippen molar-refractivity contribution >= 4 is 11.9 Å². The Balaban J connectivity index is 2.57. The average molecular weight is 186 g/mol. The predicted octanol–water partition coefficient (Wildman–Crippen LogP) is -0.719. The Labute approximate surface area is 76.7 Å². The van der Waals surface area contributed by atoms with Crippen LogP contribution in [-0.2, 0) is 9.59 Å². The molecule has 5 heteroatoms. The quantitative estimate of drug-likeness (QED) is 0.610. The van der Waals surface area contributed by atoms with Crippen LogP contribution in [0, 0.1) is 0 Å². The van der Waals surface area contributed by atoms with Gasteiger partial charge in [-0.2, -0.15) is 0 Å². The number of nitrogens with one attached hydrogen (secondary N) is 1. The van der Waals surface area contributed by atoms with Gasteiger partial charge in [-0.05, 0) is 6.42 Å². The summed E-state index contributed by atoms with van der Waals surface area (Å²) in [6.07, 6.45) is 0.530. The molecule has 0 spiro atoms. The summed E-state index contributed by atoms with van der Waals surface area (Å²) in [6.45, 7) is 3.18. The van der Waals surface area contributed by atoms with Gasteiger partial charge in [0.2, 0.25) is 5.91 Å². The number of hydrogen-bond acceptors (Lipinski definition) is 3. The second-order valence-corrected chi connectivity index (χ2v) is 3.08. The van der Waals surface area contributed by atoms with Crippen LogP contribution in [0.3, 0.4) is 0 Å². The molecule has 0 aromatic rings. The third-order valence-electron chi connectivity index (χ3n) is 2.18. The molecule has 0 radical (unpaired) electrons. The predicted molar refractivity (Wildman–Crippen MR) is 46.3 cm³/mol. The topological polar surface area (TPSA) is 69.6 Å². The maximum atomic E-state index is 11.0. The monoisotopic (exact) mass is 186 g/mol. The zero-order valence-corrected chi connectivity index (χ0v) is 7.62. The first kappa shape index (κ1) is 9.98. The first-order valence-corrected chi connectivity index (χ1v) is 4.38. The van der Waals surface area contributed by atoms with Crippen LogP contribution >= 0.6 is 0 Å². The average Bonchev–Trinajstić information content (AvgIpc) is 2.04. The highest BCUT2D eigenvalue weighted by Crippen LogP contribution is 2.05. The highest BCUT2D eigenvalue weighted by Gasteiger charge is 2.27. The lowest BCUT2D eigenvalue weighted by atomic mass is 10.1. The van der Waals surface area contributed by atoms with Crippen LogP contribution in [-0.4, -0.2) is 47.6 Å². The van der Waals surface area contributed by atoms with Crippen LogP contribution in [0.25, 0.3) is 0 Å². The van der Waals surface area contributed by atoms with Crippen LogP contribution in [0.5, 0.6) is 0 Å². The van der Waals surface area contributed by atoms with E-state index < -0.39 is 12.0 Å². The molecule has 13 heavy (non-hydrogen) atoms. The summed E-state index contributed by atoms with van der Waals surface area (Å²) in [7, 11) is 0. The summed E-state index contributed by atoms with van der Waals surface area (Å²) < 4.78 is 0. The van der Waals surface area contributed by atoms with E-state index in [4.69, 9.17) is 5.11 Å². The van der Waals surface area contributed by atoms with E-state index >= 15 is 0 Å². The number of rotatable bonds is 3. The van der Waals surface area contributed by atoms with Crippen LogP contribution in [0.15, 0.2) is 0 Å². The van der Waals surface area contributed by atoms with Crippen molar-refractivity contribution in [2.75, 3.05) is 19.6 Å². The second-order valence-electron chi connectivity index (χ2n) is 3.08. The van der Waals surface area contributed by atoms with Gasteiger partial charge in [0.25, 0.3) is 0 Å². The molecule has 5 nitrogen and oxygen atoms in total. The Hall–Kier alpha value is -1.10. The molecule has 1 unspecified atom stereocenters. The summed E-state index contributed by atoms with van der Waals surface area (Å²) >= 11 is 0. The number of amides is 1. The van der Waals surface area contributed by atoms with Crippen molar-refractivity contribution < 1.29 is 14.7 Å². The van der Waals surface area contributed by atoms with Crippen molar-refractivity contribution in [1.29, 1.82) is 0 Å². The van der Waals surface area contributed by atoms with Gasteiger partial charge in [-0.25, -0.2) is 0 Å². The lowest BCUT2D eigenvalue weighted by Gasteiger charge is -2.30. The Morgan fingerprint density at radius 2 is 2.46 bits per heavy atom. The standard InChI is InChI=1S/C8H14N2O3/c1-2-6(8(12)13)10-4-3-9-7(11)5-10/h6H,2-5H2,1H3,(H,9,11)(H,12,13). The minimum Gasteiger partial charge on any atom is -0.480 e. The summed E-state index contributed by atoms with van der Waals surface area (Å²) in [6, 6.07) is -0.522. The summed E-state index contributed by atoms with van der Waals surface area (Å²) in [5.41, 5.74) is 0. The van der Waals surface area contributed by atoms with Crippen molar-refractivity contribution in [2.45, 2.75) is 19.4 Å². The minimum absolute atomic E-state index is 0.0917. The molecule has 1 heterocycles. The maximum absolute atomic E-state index is 11.0. The van der Waals surface area contributed by atoms with Crippen LogP contribution in [0.2, 0.25) is 0 Å². The fraction of sp³-hybridized carbons (Fsp3) is 0.750. The van der Waals surface area contributed by atoms with E-state index in [-0.39, 0.29) is 12.5 Å². The van der Waals surface area contributed by atoms with Crippen LogP contribution in [0.1, 0.15) is 13.3 Å². The zero-order chi connectivity index (χ0) is 9.84. The molecule has 1 saturated heterocycles. The third kappa shape index (κ3) is 2.42. The number of carboxylic acids is 1. The zero-order valence-electron chi connectivity index (χ0n) is 7.62. The number of carbonyl (C=O) groups excluding carboxylic acids is 1. The number of carboxylic acid groups (broad SMARTS) is 1. The highest BCUT2D eigenvalue weighted by atomic mass is 16.4. The van der Waals surface area contributed by atoms with E-state index in [2.05, 4.69) is 5.32 Å². The first-order chi connectivity index (χ1) is 6.15. The van der Waals surface area contributed by atoms with Gasteiger partial charge in [0.15, 0.2) is 0 Å². The highest BCUT2D eigenvalue weighted by molar-refractivity contribution is 5.80. The normalized spacial score (nSPS) is 20.8. The fourth-order valence-corrected chi connectivity index (χ4v) is 1.51. The van der Waals surface area contributed by atoms with Gasteiger partial charge in [-0.15, -0.1) is 0 Å². The van der Waals surface area contributed by atoms with Gasteiger partial charge in [0, 0.05) is 13.1 Å². The molecule has 74 valence electrons. The molecule has 0 aromatic carbocycles. The van der Waals surface area contributed by atoms with E-state index in [1.807, 2.05) is 6.92 Å². The molecule has 0 aliphatic carbocycles. The van der Waals surface area contributed by atoms with Crippen molar-refractivity contribution in [2.24, 2.45) is 0 Å². The summed E-state index contributed by atoms with van der Waals surface area (Å²) in [5.74, 6) is -0.942. The number of nitrogens with zero attached hydrogens (tertiary/aromatic N) is 1. The molecule has 0 aromatic heterocycles. The lowest BCUT2D eigenvalue weighted by molar-refractivity contribution is -0.144. The molecule has 1 rings (SSSR count). The van der Waals surface area contributed by atoms with Gasteiger partial charge in [0.1, 0.15) is 6.04 Å². The summed E-state index contributed by atoms with van der Waals surface area (Å²) in [5, 5.41) is 11.5. The van der Waals surface area contributed by atoms with Gasteiger partial charge < -0.3 is 10.4 Å². The largest absolute Gasteiger partial charge is 0.480 e. The smallest absolute Gasteiger partial charge is 0.320 e. The maximum Gasteiger partial charge on any atom is 0.320 e. The van der Waals surface area contributed by atoms with Crippen LogP contribution < -0.4 is 5.32 Å². The first-order valence-electron chi connectivity index (χ1n) is 4.38. The molecular formula is C8H14N2O3. The molecule has 0 saturated carbocycles. The fourth-order valence-electron chi connectivity index (χ4n) is 1.51. The van der Waals surface area contributed by atoms with Crippen LogP contribution in [0.4, 0.5) is 0 Å². The second kappa shape index (κ2) is 4.23. The molecule has 2 N–H and O–H groups in total. The minimum atomic E-state index is -0.850. The van der Waals surface area contributed by atoms with E-state index in [0.717, 1.165) is 0 Å². The van der Waals surface area contributed by atoms with E-state index in [1.54, 1.807) is 4.90 Å². The van der Waals surface area contributed by atoms with Gasteiger partial charge in [-0.1, -0.05) is 6.92 Å². The van der Waals surface area contributed by atoms with Gasteiger partial charge in [-0.3, -0.25) is 14.5 Å². The number of carbonyl (C=O) groups is 2. The van der Waals surface area contributed by atoms with Crippen molar-refractivity contribution in [3.8, 4) is 0 Å². The van der Waals surface area contributed by atoms with Gasteiger partial charge in [0.05, 0.1) is 6.54 Å². The molecule has 1 fully saturated rings. The number of aliphatic carboxylic acids is 1. The number of piperazine rings is 1. The third-order valence-corrected chi connectivity index (χ3v) is 2.18. The molecule has 1 aliphatic heterocycles. The van der Waals surface area contributed by atoms with Gasteiger partial charge >= 0.3 is 5.97 Å². The Bertz CT molecular complexity index is 217. The Morgan fingerprint density at radius 3 is 2.92 bits per heavy atom. The molecule has 0 bridgehead atoms. The molecule has 1 amide bonds.